The van der Waals surface area contributed by atoms with Crippen molar-refractivity contribution < 1.29 is 28.6 Å². The standard InChI is InChI=1S/C55H88O6/c1-4-7-10-13-15-17-19-21-23-25-26-27-28-30-31-33-35-37-39-42-45-48-54(57)60-51-52(50-59-53(56)47-44-41-12-9-6-3)61-55(58)49-46-43-40-38-36-34-32-29-24-22-20-18-16-14-11-8-5-2/h7-8,10-11,15-18,21-24,26-27,32,34,38,40,52H,4-6,9,12-14,19-20,25,28-31,33,35-37,39,41-51H2,1-3H3/b10-7-,11-8-,17-15-,18-16-,23-21-,24-22-,27-26-,34-32-,40-38-. The van der Waals surface area contributed by atoms with Crippen molar-refractivity contribution in [2.24, 2.45) is 0 Å². The summed E-state index contributed by atoms with van der Waals surface area (Å²) in [7, 11) is 0. The number of carbonyl (C=O) groups is 3. The van der Waals surface area contributed by atoms with E-state index in [1.807, 2.05) is 0 Å². The average molecular weight is 845 g/mol. The van der Waals surface area contributed by atoms with Gasteiger partial charge in [0.2, 0.25) is 0 Å². The maximum Gasteiger partial charge on any atom is 0.306 e. The van der Waals surface area contributed by atoms with E-state index in [0.29, 0.717) is 19.3 Å². The van der Waals surface area contributed by atoms with Crippen LogP contribution >= 0.6 is 0 Å². The summed E-state index contributed by atoms with van der Waals surface area (Å²) in [5.41, 5.74) is 0. The zero-order valence-corrected chi connectivity index (χ0v) is 39.1. The number of hydrogen-bond acceptors (Lipinski definition) is 6. The van der Waals surface area contributed by atoms with Gasteiger partial charge in [-0.2, -0.15) is 0 Å². The molecule has 6 heteroatoms. The molecule has 0 spiro atoms. The van der Waals surface area contributed by atoms with E-state index in [9.17, 15) is 14.4 Å². The van der Waals surface area contributed by atoms with Crippen LogP contribution in [0.3, 0.4) is 0 Å². The zero-order valence-electron chi connectivity index (χ0n) is 39.1. The van der Waals surface area contributed by atoms with E-state index in [2.05, 4.69) is 130 Å². The molecule has 1 atom stereocenters. The Morgan fingerprint density at radius 3 is 1.05 bits per heavy atom. The molecule has 0 heterocycles. The first-order valence-corrected chi connectivity index (χ1v) is 24.4. The molecule has 0 saturated carbocycles. The Morgan fingerprint density at radius 2 is 0.656 bits per heavy atom. The van der Waals surface area contributed by atoms with Crippen LogP contribution < -0.4 is 0 Å². The molecule has 0 saturated heterocycles. The fraction of sp³-hybridized carbons (Fsp3) is 0.618. The predicted molar refractivity (Wildman–Crippen MR) is 260 cm³/mol. The van der Waals surface area contributed by atoms with E-state index >= 15 is 0 Å². The maximum absolute atomic E-state index is 12.7. The monoisotopic (exact) mass is 845 g/mol. The molecule has 0 amide bonds. The van der Waals surface area contributed by atoms with Crippen molar-refractivity contribution in [2.75, 3.05) is 13.2 Å². The fourth-order valence-electron chi connectivity index (χ4n) is 6.17. The largest absolute Gasteiger partial charge is 0.462 e. The van der Waals surface area contributed by atoms with Crippen LogP contribution in [0.25, 0.3) is 0 Å². The first-order valence-electron chi connectivity index (χ1n) is 24.4. The summed E-state index contributed by atoms with van der Waals surface area (Å²) < 4.78 is 16.6. The highest BCUT2D eigenvalue weighted by molar-refractivity contribution is 5.71. The van der Waals surface area contributed by atoms with Gasteiger partial charge in [0.1, 0.15) is 13.2 Å². The predicted octanol–water partition coefficient (Wildman–Crippen LogP) is 16.0. The topological polar surface area (TPSA) is 78.9 Å². The SMILES string of the molecule is CC/C=C\C/C=C\C/C=C\C/C=C\C/C=C\CCCC(=O)OC(COC(=O)CCCCCCC)COC(=O)CCCCCCCCCC/C=C\C/C=C\C/C=C\C/C=C\CC. The van der Waals surface area contributed by atoms with E-state index in [4.69, 9.17) is 14.2 Å². The third-order valence-electron chi connectivity index (χ3n) is 9.77. The van der Waals surface area contributed by atoms with E-state index in [1.54, 1.807) is 0 Å². The Hall–Kier alpha value is -3.93. The first kappa shape index (κ1) is 57.1. The second-order valence-electron chi connectivity index (χ2n) is 15.6. The van der Waals surface area contributed by atoms with Gasteiger partial charge in [-0.1, -0.05) is 194 Å². The Labute approximate surface area is 374 Å². The van der Waals surface area contributed by atoms with Gasteiger partial charge in [-0.05, 0) is 96.3 Å². The molecule has 0 aliphatic rings. The highest BCUT2D eigenvalue weighted by Gasteiger charge is 2.19. The van der Waals surface area contributed by atoms with E-state index in [-0.39, 0.29) is 37.5 Å². The molecule has 344 valence electrons. The van der Waals surface area contributed by atoms with Gasteiger partial charge in [0.25, 0.3) is 0 Å². The molecule has 0 aromatic heterocycles. The molecule has 0 fully saturated rings. The molecule has 0 aromatic rings. The summed E-state index contributed by atoms with van der Waals surface area (Å²) in [4.78, 5) is 37.6. The van der Waals surface area contributed by atoms with Gasteiger partial charge >= 0.3 is 17.9 Å². The summed E-state index contributed by atoms with van der Waals surface area (Å²) >= 11 is 0. The second-order valence-corrected chi connectivity index (χ2v) is 15.6. The number of carbonyl (C=O) groups excluding carboxylic acids is 3. The molecule has 6 nitrogen and oxygen atoms in total. The van der Waals surface area contributed by atoms with Crippen LogP contribution in [0.4, 0.5) is 0 Å². The Bertz CT molecular complexity index is 1290. The van der Waals surface area contributed by atoms with Crippen LogP contribution in [0.5, 0.6) is 0 Å². The summed E-state index contributed by atoms with van der Waals surface area (Å²) in [6, 6.07) is 0. The van der Waals surface area contributed by atoms with Gasteiger partial charge in [0.05, 0.1) is 0 Å². The number of allylic oxidation sites excluding steroid dienone is 18. The maximum atomic E-state index is 12.7. The van der Waals surface area contributed by atoms with Crippen molar-refractivity contribution in [1.82, 2.24) is 0 Å². The minimum atomic E-state index is -0.808. The average Bonchev–Trinajstić information content (AvgIpc) is 3.26. The Balaban J connectivity index is 4.29. The van der Waals surface area contributed by atoms with E-state index in [0.717, 1.165) is 122 Å². The molecule has 0 aliphatic heterocycles. The molecule has 61 heavy (non-hydrogen) atoms. The lowest BCUT2D eigenvalue weighted by molar-refractivity contribution is -0.167. The van der Waals surface area contributed by atoms with Crippen molar-refractivity contribution in [3.05, 3.63) is 109 Å². The molecular weight excluding hydrogens is 757 g/mol. The highest BCUT2D eigenvalue weighted by Crippen LogP contribution is 2.13. The third-order valence-corrected chi connectivity index (χ3v) is 9.77. The normalized spacial score (nSPS) is 13.0. The lowest BCUT2D eigenvalue weighted by atomic mass is 10.1. The Morgan fingerprint density at radius 1 is 0.344 bits per heavy atom. The molecule has 0 radical (unpaired) electrons. The van der Waals surface area contributed by atoms with Gasteiger partial charge in [0, 0.05) is 19.3 Å². The van der Waals surface area contributed by atoms with E-state index < -0.39 is 6.10 Å². The molecular formula is C55H88O6. The smallest absolute Gasteiger partial charge is 0.306 e. The van der Waals surface area contributed by atoms with Gasteiger partial charge in [-0.3, -0.25) is 14.4 Å². The zero-order chi connectivity index (χ0) is 44.4. The second kappa shape index (κ2) is 48.7. The fourth-order valence-corrected chi connectivity index (χ4v) is 6.17. The van der Waals surface area contributed by atoms with Crippen molar-refractivity contribution in [3.8, 4) is 0 Å². The lowest BCUT2D eigenvalue weighted by Crippen LogP contribution is -2.30. The molecule has 0 aliphatic carbocycles. The first-order chi connectivity index (χ1) is 30.0. The summed E-state index contributed by atoms with van der Waals surface area (Å²) in [5.74, 6) is -0.996. The van der Waals surface area contributed by atoms with Crippen LogP contribution in [0, 0.1) is 0 Å². The number of unbranched alkanes of at least 4 members (excludes halogenated alkanes) is 13. The van der Waals surface area contributed by atoms with Crippen molar-refractivity contribution in [2.45, 2.75) is 207 Å². The summed E-state index contributed by atoms with van der Waals surface area (Å²) in [6.45, 7) is 6.25. The number of rotatable bonds is 42. The van der Waals surface area contributed by atoms with Crippen molar-refractivity contribution >= 4 is 17.9 Å². The van der Waals surface area contributed by atoms with Gasteiger partial charge in [-0.15, -0.1) is 0 Å². The summed E-state index contributed by atoms with van der Waals surface area (Å²) in [5, 5.41) is 0. The number of ether oxygens (including phenoxy) is 3. The minimum absolute atomic E-state index is 0.106. The molecule has 0 aromatic carbocycles. The lowest BCUT2D eigenvalue weighted by Gasteiger charge is -2.18. The number of hydrogen-bond donors (Lipinski definition) is 0. The van der Waals surface area contributed by atoms with Crippen LogP contribution in [-0.2, 0) is 28.6 Å². The molecule has 0 N–H and O–H groups in total. The summed E-state index contributed by atoms with van der Waals surface area (Å²) in [6.07, 6.45) is 65.4. The minimum Gasteiger partial charge on any atom is -0.462 e. The quantitative estimate of drug-likeness (QED) is 0.0264. The van der Waals surface area contributed by atoms with Crippen molar-refractivity contribution in [3.63, 3.8) is 0 Å². The number of esters is 3. The molecule has 1 unspecified atom stereocenters. The van der Waals surface area contributed by atoms with Crippen molar-refractivity contribution in [1.29, 1.82) is 0 Å². The van der Waals surface area contributed by atoms with Crippen LogP contribution in [0.1, 0.15) is 201 Å². The van der Waals surface area contributed by atoms with Crippen LogP contribution in [0.2, 0.25) is 0 Å². The highest BCUT2D eigenvalue weighted by atomic mass is 16.6. The van der Waals surface area contributed by atoms with Gasteiger partial charge < -0.3 is 14.2 Å². The molecule has 0 bridgehead atoms. The van der Waals surface area contributed by atoms with Gasteiger partial charge in [0.15, 0.2) is 6.10 Å². The van der Waals surface area contributed by atoms with Crippen LogP contribution in [-0.4, -0.2) is 37.2 Å². The van der Waals surface area contributed by atoms with E-state index in [1.165, 1.54) is 32.1 Å². The third kappa shape index (κ3) is 47.0. The van der Waals surface area contributed by atoms with Crippen LogP contribution in [0.15, 0.2) is 109 Å². The molecule has 0 rings (SSSR count). The van der Waals surface area contributed by atoms with Gasteiger partial charge in [-0.25, -0.2) is 0 Å². The Kier molecular flexibility index (Phi) is 45.6.